The van der Waals surface area contributed by atoms with Crippen molar-refractivity contribution in [1.29, 1.82) is 0 Å². The minimum absolute atomic E-state index is 0.673. The van der Waals surface area contributed by atoms with Crippen LogP contribution in [0.15, 0.2) is 12.2 Å². The van der Waals surface area contributed by atoms with Gasteiger partial charge in [0.2, 0.25) is 0 Å². The van der Waals surface area contributed by atoms with Gasteiger partial charge < -0.3 is 5.73 Å². The molecule has 1 unspecified atom stereocenters. The van der Waals surface area contributed by atoms with E-state index < -0.39 is 0 Å². The molecule has 0 radical (unpaired) electrons. The van der Waals surface area contributed by atoms with Gasteiger partial charge in [-0.15, -0.1) is 0 Å². The Morgan fingerprint density at radius 3 is 2.17 bits per heavy atom. The third-order valence-corrected chi connectivity index (χ3v) is 1.93. The molecule has 12 heavy (non-hydrogen) atoms. The average molecular weight is 171 g/mol. The third kappa shape index (κ3) is 9.70. The summed E-state index contributed by atoms with van der Waals surface area (Å²) in [5, 5.41) is 0. The molecule has 2 N–H and O–H groups in total. The highest BCUT2D eigenvalue weighted by Crippen LogP contribution is 2.14. The Hall–Kier alpha value is -0.300. The van der Waals surface area contributed by atoms with Crippen LogP contribution in [0.4, 0.5) is 0 Å². The van der Waals surface area contributed by atoms with Crippen LogP contribution in [0, 0.1) is 5.92 Å². The van der Waals surface area contributed by atoms with E-state index in [0.717, 1.165) is 13.0 Å². The third-order valence-electron chi connectivity index (χ3n) is 1.93. The first-order valence-electron chi connectivity index (χ1n) is 5.04. The van der Waals surface area contributed by atoms with Gasteiger partial charge >= 0.3 is 0 Å². The molecule has 0 aliphatic carbocycles. The summed E-state index contributed by atoms with van der Waals surface area (Å²) in [4.78, 5) is 0. The largest absolute Gasteiger partial charge is 0.330 e. The lowest BCUT2D eigenvalue weighted by Gasteiger charge is -2.09. The fourth-order valence-electron chi connectivity index (χ4n) is 0.841. The molecule has 1 heteroatoms. The summed E-state index contributed by atoms with van der Waals surface area (Å²) in [5.41, 5.74) is 6.66. The van der Waals surface area contributed by atoms with E-state index in [1.54, 1.807) is 0 Å². The van der Waals surface area contributed by atoms with E-state index in [2.05, 4.69) is 20.4 Å². The van der Waals surface area contributed by atoms with E-state index in [0.29, 0.717) is 5.92 Å². The second-order valence-electron chi connectivity index (χ2n) is 3.03. The minimum Gasteiger partial charge on any atom is -0.330 e. The predicted molar refractivity (Wildman–Crippen MR) is 58.2 cm³/mol. The lowest BCUT2D eigenvalue weighted by molar-refractivity contribution is 0.563. The van der Waals surface area contributed by atoms with Crippen LogP contribution < -0.4 is 5.73 Å². The highest BCUT2D eigenvalue weighted by Gasteiger charge is 2.00. The van der Waals surface area contributed by atoms with Crippen molar-refractivity contribution in [2.24, 2.45) is 11.7 Å². The lowest BCUT2D eigenvalue weighted by Crippen LogP contribution is -2.00. The molecule has 74 valence electrons. The van der Waals surface area contributed by atoms with Crippen LogP contribution in [0.25, 0.3) is 0 Å². The molecule has 0 aromatic carbocycles. The van der Waals surface area contributed by atoms with Crippen molar-refractivity contribution in [2.75, 3.05) is 6.54 Å². The SMILES string of the molecule is C=C(C)C(C)CCCCN.CC. The predicted octanol–water partition coefficient (Wildman–Crippen LogP) is 3.35. The second kappa shape index (κ2) is 10.7. The molecule has 0 spiro atoms. The van der Waals surface area contributed by atoms with Crippen LogP contribution in [0.1, 0.15) is 47.0 Å². The Balaban J connectivity index is 0. The van der Waals surface area contributed by atoms with Gasteiger partial charge in [0.1, 0.15) is 0 Å². The molecule has 0 fully saturated rings. The molecule has 0 amide bonds. The summed E-state index contributed by atoms with van der Waals surface area (Å²) in [6.45, 7) is 13.0. The number of allylic oxidation sites excluding steroid dienone is 1. The van der Waals surface area contributed by atoms with Gasteiger partial charge in [-0.3, -0.25) is 0 Å². The van der Waals surface area contributed by atoms with Crippen LogP contribution >= 0.6 is 0 Å². The molecule has 0 heterocycles. The monoisotopic (exact) mass is 171 g/mol. The fourth-order valence-corrected chi connectivity index (χ4v) is 0.841. The average Bonchev–Trinajstić information content (AvgIpc) is 2.08. The molecule has 0 saturated carbocycles. The Morgan fingerprint density at radius 2 is 1.83 bits per heavy atom. The number of hydrogen-bond donors (Lipinski definition) is 1. The first-order chi connectivity index (χ1) is 5.68. The van der Waals surface area contributed by atoms with E-state index in [1.165, 1.54) is 18.4 Å². The molecule has 0 rings (SSSR count). The highest BCUT2D eigenvalue weighted by atomic mass is 14.5. The van der Waals surface area contributed by atoms with Crippen LogP contribution in [0.5, 0.6) is 0 Å². The number of rotatable bonds is 5. The van der Waals surface area contributed by atoms with Gasteiger partial charge in [0, 0.05) is 0 Å². The molecule has 0 aliphatic heterocycles. The second-order valence-corrected chi connectivity index (χ2v) is 3.03. The van der Waals surface area contributed by atoms with Gasteiger partial charge in [-0.25, -0.2) is 0 Å². The van der Waals surface area contributed by atoms with Crippen molar-refractivity contribution in [3.63, 3.8) is 0 Å². The molecule has 1 nitrogen and oxygen atoms in total. The van der Waals surface area contributed by atoms with E-state index in [4.69, 9.17) is 5.73 Å². The first-order valence-corrected chi connectivity index (χ1v) is 5.04. The normalized spacial score (nSPS) is 11.4. The maximum Gasteiger partial charge on any atom is -0.00773 e. The van der Waals surface area contributed by atoms with E-state index in [-0.39, 0.29) is 0 Å². The maximum atomic E-state index is 5.37. The van der Waals surface area contributed by atoms with Crippen LogP contribution in [0.2, 0.25) is 0 Å². The highest BCUT2D eigenvalue weighted by molar-refractivity contribution is 4.93. The van der Waals surface area contributed by atoms with Gasteiger partial charge in [0.15, 0.2) is 0 Å². The van der Waals surface area contributed by atoms with Crippen molar-refractivity contribution in [1.82, 2.24) is 0 Å². The fraction of sp³-hybridized carbons (Fsp3) is 0.818. The Bertz CT molecular complexity index is 97.2. The van der Waals surface area contributed by atoms with Gasteiger partial charge in [-0.1, -0.05) is 39.3 Å². The van der Waals surface area contributed by atoms with Gasteiger partial charge in [0.25, 0.3) is 0 Å². The molecular weight excluding hydrogens is 146 g/mol. The quantitative estimate of drug-likeness (QED) is 0.498. The zero-order valence-electron chi connectivity index (χ0n) is 9.19. The molecule has 0 bridgehead atoms. The zero-order valence-corrected chi connectivity index (χ0v) is 9.19. The summed E-state index contributed by atoms with van der Waals surface area (Å²) in [6, 6.07) is 0. The Morgan fingerprint density at radius 1 is 1.33 bits per heavy atom. The lowest BCUT2D eigenvalue weighted by atomic mass is 9.98. The van der Waals surface area contributed by atoms with Crippen molar-refractivity contribution in [2.45, 2.75) is 47.0 Å². The Labute approximate surface area is 78.0 Å². The molecule has 0 aliphatic rings. The van der Waals surface area contributed by atoms with Crippen molar-refractivity contribution < 1.29 is 0 Å². The summed E-state index contributed by atoms with van der Waals surface area (Å²) < 4.78 is 0. The van der Waals surface area contributed by atoms with Crippen molar-refractivity contribution >= 4 is 0 Å². The van der Waals surface area contributed by atoms with Crippen LogP contribution in [0.3, 0.4) is 0 Å². The minimum atomic E-state index is 0.673. The van der Waals surface area contributed by atoms with E-state index in [1.807, 2.05) is 13.8 Å². The summed E-state index contributed by atoms with van der Waals surface area (Å²) in [5.74, 6) is 0.673. The molecule has 0 aromatic heterocycles. The Kier molecular flexibility index (Phi) is 12.7. The van der Waals surface area contributed by atoms with Crippen molar-refractivity contribution in [3.8, 4) is 0 Å². The van der Waals surface area contributed by atoms with Crippen LogP contribution in [-0.2, 0) is 0 Å². The summed E-state index contributed by atoms with van der Waals surface area (Å²) in [7, 11) is 0. The standard InChI is InChI=1S/C9H19N.C2H6/c1-8(2)9(3)6-4-5-7-10;1-2/h9H,1,4-7,10H2,2-3H3;1-2H3. The molecule has 0 aromatic rings. The number of hydrogen-bond acceptors (Lipinski definition) is 1. The van der Waals surface area contributed by atoms with Crippen molar-refractivity contribution in [3.05, 3.63) is 12.2 Å². The maximum absolute atomic E-state index is 5.37. The van der Waals surface area contributed by atoms with Gasteiger partial charge in [-0.2, -0.15) is 0 Å². The zero-order chi connectivity index (χ0) is 9.98. The van der Waals surface area contributed by atoms with E-state index >= 15 is 0 Å². The number of unbranched alkanes of at least 4 members (excludes halogenated alkanes) is 1. The van der Waals surface area contributed by atoms with Gasteiger partial charge in [0.05, 0.1) is 0 Å². The van der Waals surface area contributed by atoms with Crippen LogP contribution in [-0.4, -0.2) is 6.54 Å². The van der Waals surface area contributed by atoms with Gasteiger partial charge in [-0.05, 0) is 32.2 Å². The summed E-state index contributed by atoms with van der Waals surface area (Å²) in [6.07, 6.45) is 3.63. The first kappa shape index (κ1) is 14.2. The summed E-state index contributed by atoms with van der Waals surface area (Å²) >= 11 is 0. The number of nitrogens with two attached hydrogens (primary N) is 1. The molecular formula is C11H25N. The smallest absolute Gasteiger partial charge is 0.00773 e. The van der Waals surface area contributed by atoms with E-state index in [9.17, 15) is 0 Å². The molecule has 0 saturated heterocycles. The topological polar surface area (TPSA) is 26.0 Å². The molecule has 1 atom stereocenters.